The smallest absolute Gasteiger partial charge is 0.145 e. The fourth-order valence-electron chi connectivity index (χ4n) is 3.62. The van der Waals surface area contributed by atoms with Gasteiger partial charge < -0.3 is 14.2 Å². The minimum Gasteiger partial charge on any atom is -0.485 e. The van der Waals surface area contributed by atoms with E-state index in [-0.39, 0.29) is 12.0 Å². The number of allylic oxidation sites excluding steroid dienone is 3. The lowest BCUT2D eigenvalue weighted by molar-refractivity contribution is 0.256. The Morgan fingerprint density at radius 1 is 1.25 bits per heavy atom. The van der Waals surface area contributed by atoms with E-state index in [1.54, 1.807) is 6.26 Å². The Bertz CT molecular complexity index is 789. The molecule has 3 nitrogen and oxygen atoms in total. The Kier molecular flexibility index (Phi) is 3.84. The monoisotopic (exact) mass is 344 g/mol. The van der Waals surface area contributed by atoms with E-state index in [0.29, 0.717) is 0 Å². The molecule has 0 N–H and O–H groups in total. The minimum atomic E-state index is 0.0202. The Labute approximate surface area is 147 Å². The Morgan fingerprint density at radius 3 is 2.88 bits per heavy atom. The van der Waals surface area contributed by atoms with E-state index in [4.69, 9.17) is 25.8 Å². The zero-order valence-corrected chi connectivity index (χ0v) is 14.9. The van der Waals surface area contributed by atoms with Gasteiger partial charge >= 0.3 is 0 Å². The molecule has 0 amide bonds. The van der Waals surface area contributed by atoms with E-state index in [1.165, 1.54) is 0 Å². The van der Waals surface area contributed by atoms with Crippen LogP contribution in [0.15, 0.2) is 29.2 Å². The van der Waals surface area contributed by atoms with Gasteiger partial charge in [0.1, 0.15) is 29.6 Å². The highest BCUT2D eigenvalue weighted by Crippen LogP contribution is 2.55. The summed E-state index contributed by atoms with van der Waals surface area (Å²) in [4.78, 5) is 0. The van der Waals surface area contributed by atoms with Crippen LogP contribution in [-0.2, 0) is 6.42 Å². The third kappa shape index (κ3) is 2.34. The molecule has 0 fully saturated rings. The fraction of sp³-hybridized carbons (Fsp3) is 0.400. The van der Waals surface area contributed by atoms with Crippen molar-refractivity contribution < 1.29 is 14.2 Å². The van der Waals surface area contributed by atoms with E-state index < -0.39 is 0 Å². The molecular weight excluding hydrogens is 324 g/mol. The maximum atomic E-state index is 6.49. The number of benzene rings is 1. The van der Waals surface area contributed by atoms with Crippen molar-refractivity contribution in [3.63, 3.8) is 0 Å². The number of hydrogen-bond donors (Lipinski definition) is 0. The van der Waals surface area contributed by atoms with E-state index in [2.05, 4.69) is 25.2 Å². The third-order valence-corrected chi connectivity index (χ3v) is 5.12. The summed E-state index contributed by atoms with van der Waals surface area (Å²) in [5.74, 6) is 3.60. The first-order chi connectivity index (χ1) is 11.6. The number of hydrogen-bond acceptors (Lipinski definition) is 3. The molecule has 0 bridgehead atoms. The van der Waals surface area contributed by atoms with E-state index in [0.717, 1.165) is 64.0 Å². The van der Waals surface area contributed by atoms with Crippen molar-refractivity contribution in [2.24, 2.45) is 0 Å². The summed E-state index contributed by atoms with van der Waals surface area (Å²) in [5.41, 5.74) is 3.16. The average molecular weight is 345 g/mol. The van der Waals surface area contributed by atoms with E-state index >= 15 is 0 Å². The Morgan fingerprint density at radius 2 is 2.08 bits per heavy atom. The topological polar surface area (TPSA) is 27.7 Å². The van der Waals surface area contributed by atoms with Crippen molar-refractivity contribution in [3.8, 4) is 17.2 Å². The molecule has 0 aromatic heterocycles. The van der Waals surface area contributed by atoms with E-state index in [9.17, 15) is 0 Å². The first-order valence-electron chi connectivity index (χ1n) is 8.54. The molecule has 1 aromatic carbocycles. The van der Waals surface area contributed by atoms with Crippen LogP contribution in [0, 0.1) is 0 Å². The second-order valence-electron chi connectivity index (χ2n) is 6.56. The van der Waals surface area contributed by atoms with E-state index in [1.807, 2.05) is 13.8 Å². The summed E-state index contributed by atoms with van der Waals surface area (Å²) < 4.78 is 18.2. The number of fused-ring (bicyclic) bond motifs is 6. The van der Waals surface area contributed by atoms with Gasteiger partial charge in [-0.1, -0.05) is 24.9 Å². The largest absolute Gasteiger partial charge is 0.485 e. The summed E-state index contributed by atoms with van der Waals surface area (Å²) >= 11 is 6.49. The normalized spacial score (nSPS) is 23.7. The van der Waals surface area contributed by atoms with Crippen LogP contribution in [0.4, 0.5) is 0 Å². The highest BCUT2D eigenvalue weighted by molar-refractivity contribution is 6.30. The van der Waals surface area contributed by atoms with Gasteiger partial charge in [0.25, 0.3) is 0 Å². The van der Waals surface area contributed by atoms with Crippen LogP contribution in [0.3, 0.4) is 0 Å². The SMILES string of the molecule is CCCC1C(Cl)=COc2c3c(c4c(c21)OC(C)C=C4)OC(C)=CC3. The highest BCUT2D eigenvalue weighted by atomic mass is 35.5. The first-order valence-corrected chi connectivity index (χ1v) is 8.92. The zero-order chi connectivity index (χ0) is 16.8. The van der Waals surface area contributed by atoms with Crippen LogP contribution in [0.25, 0.3) is 6.08 Å². The summed E-state index contributed by atoms with van der Waals surface area (Å²) in [6, 6.07) is 0. The summed E-state index contributed by atoms with van der Waals surface area (Å²) in [6.45, 7) is 6.18. The lowest BCUT2D eigenvalue weighted by atomic mass is 9.85. The van der Waals surface area contributed by atoms with Crippen molar-refractivity contribution in [2.45, 2.75) is 52.1 Å². The second kappa shape index (κ2) is 5.89. The van der Waals surface area contributed by atoms with Crippen LogP contribution in [0.5, 0.6) is 17.2 Å². The maximum absolute atomic E-state index is 6.49. The quantitative estimate of drug-likeness (QED) is 0.691. The lowest BCUT2D eigenvalue weighted by Crippen LogP contribution is -2.20. The molecule has 3 heterocycles. The second-order valence-corrected chi connectivity index (χ2v) is 6.99. The van der Waals surface area contributed by atoms with Gasteiger partial charge in [0.05, 0.1) is 16.4 Å². The number of rotatable bonds is 2. The molecule has 0 radical (unpaired) electrons. The molecule has 0 saturated carbocycles. The van der Waals surface area contributed by atoms with Crippen LogP contribution in [-0.4, -0.2) is 6.10 Å². The van der Waals surface area contributed by atoms with Crippen LogP contribution in [0.2, 0.25) is 0 Å². The molecule has 0 saturated heterocycles. The van der Waals surface area contributed by atoms with Crippen LogP contribution in [0.1, 0.15) is 56.2 Å². The van der Waals surface area contributed by atoms with Crippen LogP contribution >= 0.6 is 11.6 Å². The molecule has 0 spiro atoms. The van der Waals surface area contributed by atoms with Gasteiger partial charge in [0.15, 0.2) is 0 Å². The number of halogens is 1. The molecule has 4 heteroatoms. The van der Waals surface area contributed by atoms with Gasteiger partial charge in [-0.3, -0.25) is 0 Å². The van der Waals surface area contributed by atoms with Gasteiger partial charge in [0, 0.05) is 23.5 Å². The summed E-state index contributed by atoms with van der Waals surface area (Å²) in [6.07, 6.45) is 10.7. The predicted molar refractivity (Wildman–Crippen MR) is 95.9 cm³/mol. The van der Waals surface area contributed by atoms with Gasteiger partial charge in [0.2, 0.25) is 0 Å². The minimum absolute atomic E-state index is 0.0202. The highest BCUT2D eigenvalue weighted by Gasteiger charge is 2.36. The first kappa shape index (κ1) is 15.6. The Balaban J connectivity index is 1.99. The molecule has 2 atom stereocenters. The molecule has 0 aliphatic carbocycles. The van der Waals surface area contributed by atoms with Crippen molar-refractivity contribution in [1.29, 1.82) is 0 Å². The summed E-state index contributed by atoms with van der Waals surface area (Å²) in [7, 11) is 0. The molecule has 1 aromatic rings. The standard InChI is InChI=1S/C20H21ClO3/c1-4-5-13-16(21)10-22-19-14-8-6-11(2)23-18(14)15-9-7-12(3)24-20(15)17(13)19/h6-7,9-10,12-13H,4-5,8H2,1-3H3. The molecule has 24 heavy (non-hydrogen) atoms. The van der Waals surface area contributed by atoms with Gasteiger partial charge in [-0.2, -0.15) is 0 Å². The Hall–Kier alpha value is -1.87. The van der Waals surface area contributed by atoms with Gasteiger partial charge in [-0.25, -0.2) is 0 Å². The molecule has 3 aliphatic rings. The lowest BCUT2D eigenvalue weighted by Gasteiger charge is -2.33. The molecule has 2 unspecified atom stereocenters. The van der Waals surface area contributed by atoms with Gasteiger partial charge in [-0.15, -0.1) is 0 Å². The van der Waals surface area contributed by atoms with Crippen molar-refractivity contribution in [3.05, 3.63) is 45.9 Å². The van der Waals surface area contributed by atoms with Crippen molar-refractivity contribution in [1.82, 2.24) is 0 Å². The number of ether oxygens (including phenoxy) is 3. The molecular formula is C20H21ClO3. The third-order valence-electron chi connectivity index (χ3n) is 4.77. The molecule has 4 rings (SSSR count). The average Bonchev–Trinajstić information content (AvgIpc) is 2.57. The molecule has 3 aliphatic heterocycles. The van der Waals surface area contributed by atoms with Crippen LogP contribution < -0.4 is 14.2 Å². The molecule has 126 valence electrons. The summed E-state index contributed by atoms with van der Waals surface area (Å²) in [5, 5.41) is 0.737. The van der Waals surface area contributed by atoms with Gasteiger partial charge in [-0.05, 0) is 38.5 Å². The fourth-order valence-corrected chi connectivity index (χ4v) is 3.89. The zero-order valence-electron chi connectivity index (χ0n) is 14.2. The van der Waals surface area contributed by atoms with Crippen molar-refractivity contribution >= 4 is 17.7 Å². The predicted octanol–water partition coefficient (Wildman–Crippen LogP) is 5.68. The maximum Gasteiger partial charge on any atom is 0.145 e. The van der Waals surface area contributed by atoms with Crippen molar-refractivity contribution in [2.75, 3.05) is 0 Å².